The van der Waals surface area contributed by atoms with E-state index in [2.05, 4.69) is 5.32 Å². The Morgan fingerprint density at radius 3 is 2.82 bits per heavy atom. The molecule has 6 heteroatoms. The van der Waals surface area contributed by atoms with Gasteiger partial charge >= 0.3 is 0 Å². The summed E-state index contributed by atoms with van der Waals surface area (Å²) >= 11 is 0. The number of ketones is 1. The maximum Gasteiger partial charge on any atom is 0.245 e. The lowest BCUT2D eigenvalue weighted by molar-refractivity contribution is -0.122. The highest BCUT2D eigenvalue weighted by atomic mass is 16.5. The quantitative estimate of drug-likeness (QED) is 0.748. The number of nitrogens with two attached hydrogens (primary N) is 1. The summed E-state index contributed by atoms with van der Waals surface area (Å²) in [4.78, 5) is 25.2. The van der Waals surface area contributed by atoms with Crippen molar-refractivity contribution in [3.63, 3.8) is 0 Å². The highest BCUT2D eigenvalue weighted by molar-refractivity contribution is 6.19. The summed E-state index contributed by atoms with van der Waals surface area (Å²) in [5.74, 6) is -0.322. The standard InChI is InChI=1S/C16H11N3O3/c17-7-9-14(18)22-12-6-5-11(20)13(12)16(9)8-3-1-2-4-10(8)19-15(16)21/h1-4H,5-6,18H2,(H,19,21). The van der Waals surface area contributed by atoms with Crippen molar-refractivity contribution in [3.8, 4) is 6.07 Å². The molecule has 0 aromatic heterocycles. The number of Topliss-reactive ketones (excluding diaryl/α,β-unsaturated/α-hetero) is 1. The molecule has 22 heavy (non-hydrogen) atoms. The number of benzene rings is 1. The lowest BCUT2D eigenvalue weighted by Crippen LogP contribution is -2.44. The summed E-state index contributed by atoms with van der Waals surface area (Å²) in [6.07, 6.45) is 0.651. The Kier molecular flexibility index (Phi) is 2.29. The zero-order valence-corrected chi connectivity index (χ0v) is 11.5. The van der Waals surface area contributed by atoms with Crippen LogP contribution in [0.25, 0.3) is 0 Å². The Hall–Kier alpha value is -3.07. The van der Waals surface area contributed by atoms with E-state index in [0.29, 0.717) is 23.4 Å². The van der Waals surface area contributed by atoms with E-state index >= 15 is 0 Å². The van der Waals surface area contributed by atoms with Crippen molar-refractivity contribution in [3.05, 3.63) is 52.6 Å². The molecule has 6 nitrogen and oxygen atoms in total. The molecule has 1 spiro atoms. The van der Waals surface area contributed by atoms with Gasteiger partial charge in [0.25, 0.3) is 0 Å². The van der Waals surface area contributed by atoms with Crippen LogP contribution in [0.2, 0.25) is 0 Å². The molecule has 0 radical (unpaired) electrons. The van der Waals surface area contributed by atoms with Gasteiger partial charge in [0.1, 0.15) is 22.8 Å². The molecule has 0 fully saturated rings. The first-order chi connectivity index (χ1) is 10.6. The largest absolute Gasteiger partial charge is 0.444 e. The Labute approximate surface area is 125 Å². The number of para-hydroxylation sites is 1. The summed E-state index contributed by atoms with van der Waals surface area (Å²) < 4.78 is 5.45. The van der Waals surface area contributed by atoms with Crippen molar-refractivity contribution in [2.24, 2.45) is 5.73 Å². The number of anilines is 1. The van der Waals surface area contributed by atoms with Gasteiger partial charge in [0.05, 0.1) is 5.57 Å². The lowest BCUT2D eigenvalue weighted by atomic mass is 9.68. The topological polar surface area (TPSA) is 105 Å². The monoisotopic (exact) mass is 293 g/mol. The van der Waals surface area contributed by atoms with Gasteiger partial charge in [-0.05, 0) is 6.07 Å². The number of carbonyl (C=O) groups excluding carboxylic acids is 2. The van der Waals surface area contributed by atoms with Gasteiger partial charge in [-0.3, -0.25) is 9.59 Å². The highest BCUT2D eigenvalue weighted by Gasteiger charge is 2.60. The third-order valence-corrected chi connectivity index (χ3v) is 4.40. The Balaban J connectivity index is 2.13. The number of carbonyl (C=O) groups is 2. The molecule has 1 unspecified atom stereocenters. The molecule has 3 aliphatic rings. The van der Waals surface area contributed by atoms with Gasteiger partial charge in [0, 0.05) is 24.1 Å². The molecule has 1 aliphatic carbocycles. The summed E-state index contributed by atoms with van der Waals surface area (Å²) in [5, 5.41) is 12.3. The molecule has 1 atom stereocenters. The molecular formula is C16H11N3O3. The second kappa shape index (κ2) is 3.98. The van der Waals surface area contributed by atoms with Crippen molar-refractivity contribution >= 4 is 17.4 Å². The van der Waals surface area contributed by atoms with Crippen LogP contribution in [0.1, 0.15) is 18.4 Å². The lowest BCUT2D eigenvalue weighted by Gasteiger charge is -2.32. The van der Waals surface area contributed by atoms with Gasteiger partial charge in [0.15, 0.2) is 5.78 Å². The number of nitrogens with one attached hydrogen (secondary N) is 1. The van der Waals surface area contributed by atoms with Gasteiger partial charge in [-0.15, -0.1) is 0 Å². The number of nitrogens with zero attached hydrogens (tertiary/aromatic N) is 1. The Morgan fingerprint density at radius 1 is 1.27 bits per heavy atom. The van der Waals surface area contributed by atoms with E-state index in [-0.39, 0.29) is 29.2 Å². The first-order valence-corrected chi connectivity index (χ1v) is 6.86. The van der Waals surface area contributed by atoms with E-state index in [1.807, 2.05) is 6.07 Å². The van der Waals surface area contributed by atoms with E-state index in [0.717, 1.165) is 0 Å². The first-order valence-electron chi connectivity index (χ1n) is 6.86. The van der Waals surface area contributed by atoms with E-state index in [1.54, 1.807) is 24.3 Å². The van der Waals surface area contributed by atoms with Crippen LogP contribution in [0.4, 0.5) is 5.69 Å². The number of rotatable bonds is 0. The van der Waals surface area contributed by atoms with E-state index in [4.69, 9.17) is 10.5 Å². The minimum Gasteiger partial charge on any atom is -0.444 e. The van der Waals surface area contributed by atoms with Crippen LogP contribution in [0, 0.1) is 11.3 Å². The van der Waals surface area contributed by atoms with E-state index in [1.165, 1.54) is 0 Å². The van der Waals surface area contributed by atoms with Gasteiger partial charge in [-0.25, -0.2) is 0 Å². The molecule has 108 valence electrons. The number of nitriles is 1. The number of allylic oxidation sites excluding steroid dienone is 1. The number of hydrogen-bond donors (Lipinski definition) is 2. The minimum atomic E-state index is -1.48. The van der Waals surface area contributed by atoms with Crippen LogP contribution in [-0.2, 0) is 19.7 Å². The second-order valence-corrected chi connectivity index (χ2v) is 5.42. The second-order valence-electron chi connectivity index (χ2n) is 5.42. The molecule has 0 saturated heterocycles. The number of amides is 1. The molecule has 2 heterocycles. The maximum atomic E-state index is 12.8. The van der Waals surface area contributed by atoms with Gasteiger partial charge < -0.3 is 15.8 Å². The van der Waals surface area contributed by atoms with Crippen LogP contribution in [0.5, 0.6) is 0 Å². The third-order valence-electron chi connectivity index (χ3n) is 4.40. The van der Waals surface area contributed by atoms with Gasteiger partial charge in [0.2, 0.25) is 11.8 Å². The molecule has 0 saturated carbocycles. The van der Waals surface area contributed by atoms with Crippen molar-refractivity contribution in [1.82, 2.24) is 0 Å². The smallest absolute Gasteiger partial charge is 0.245 e. The first kappa shape index (κ1) is 12.7. The summed E-state index contributed by atoms with van der Waals surface area (Å²) in [5.41, 5.74) is 5.78. The SMILES string of the molecule is N#CC1=C(N)OC2=C(C(=O)CC2)C12C(=O)Nc1ccccc12. The van der Waals surface area contributed by atoms with Crippen LogP contribution in [-0.4, -0.2) is 11.7 Å². The fourth-order valence-electron chi connectivity index (χ4n) is 3.54. The zero-order chi connectivity index (χ0) is 15.5. The van der Waals surface area contributed by atoms with Crippen LogP contribution >= 0.6 is 0 Å². The third kappa shape index (κ3) is 1.24. The number of hydrogen-bond acceptors (Lipinski definition) is 5. The molecule has 3 N–H and O–H groups in total. The van der Waals surface area contributed by atoms with Crippen molar-refractivity contribution < 1.29 is 14.3 Å². The number of ether oxygens (including phenoxy) is 1. The fourth-order valence-corrected chi connectivity index (χ4v) is 3.54. The number of fused-ring (bicyclic) bond motifs is 3. The predicted octanol–water partition coefficient (Wildman–Crippen LogP) is 1.22. The van der Waals surface area contributed by atoms with Crippen molar-refractivity contribution in [1.29, 1.82) is 5.26 Å². The van der Waals surface area contributed by atoms with Gasteiger partial charge in [-0.2, -0.15) is 5.26 Å². The minimum absolute atomic E-state index is 0.0241. The van der Waals surface area contributed by atoms with Gasteiger partial charge in [-0.1, -0.05) is 18.2 Å². The van der Waals surface area contributed by atoms with Crippen LogP contribution < -0.4 is 11.1 Å². The van der Waals surface area contributed by atoms with Crippen LogP contribution in [0.15, 0.2) is 47.1 Å². The summed E-state index contributed by atoms with van der Waals surface area (Å²) in [7, 11) is 0. The molecule has 4 rings (SSSR count). The maximum absolute atomic E-state index is 12.8. The molecule has 1 amide bonds. The summed E-state index contributed by atoms with van der Waals surface area (Å²) in [6.45, 7) is 0. The predicted molar refractivity (Wildman–Crippen MR) is 75.9 cm³/mol. The molecule has 2 aliphatic heterocycles. The fraction of sp³-hybridized carbons (Fsp3) is 0.188. The normalized spacial score (nSPS) is 25.8. The zero-order valence-electron chi connectivity index (χ0n) is 11.5. The molecule has 1 aromatic carbocycles. The van der Waals surface area contributed by atoms with Crippen molar-refractivity contribution in [2.45, 2.75) is 18.3 Å². The molecular weight excluding hydrogens is 282 g/mol. The average Bonchev–Trinajstić information content (AvgIpc) is 3.00. The average molecular weight is 293 g/mol. The highest BCUT2D eigenvalue weighted by Crippen LogP contribution is 2.54. The Bertz CT molecular complexity index is 860. The van der Waals surface area contributed by atoms with E-state index < -0.39 is 11.3 Å². The summed E-state index contributed by atoms with van der Waals surface area (Å²) in [6, 6.07) is 8.99. The van der Waals surface area contributed by atoms with E-state index in [9.17, 15) is 14.9 Å². The molecule has 0 bridgehead atoms. The van der Waals surface area contributed by atoms with Crippen molar-refractivity contribution in [2.75, 3.05) is 5.32 Å². The molecule has 1 aromatic rings. The Morgan fingerprint density at radius 2 is 2.05 bits per heavy atom. The van der Waals surface area contributed by atoms with Crippen LogP contribution in [0.3, 0.4) is 0 Å².